The molecule has 1 saturated heterocycles. The monoisotopic (exact) mass is 290 g/mol. The first-order valence-electron chi connectivity index (χ1n) is 7.84. The fourth-order valence-electron chi connectivity index (χ4n) is 3.31. The molecule has 1 aromatic heterocycles. The summed E-state index contributed by atoms with van der Waals surface area (Å²) in [5.41, 5.74) is 0. The van der Waals surface area contributed by atoms with Crippen LogP contribution in [-0.4, -0.2) is 47.8 Å². The van der Waals surface area contributed by atoms with Gasteiger partial charge in [0.05, 0.1) is 6.26 Å². The lowest BCUT2D eigenvalue weighted by Gasteiger charge is -2.34. The van der Waals surface area contributed by atoms with E-state index in [1.165, 1.54) is 31.9 Å². The number of amides is 2. The number of hydrogen-bond donors (Lipinski definition) is 0. The van der Waals surface area contributed by atoms with Gasteiger partial charge >= 0.3 is 0 Å². The van der Waals surface area contributed by atoms with Crippen LogP contribution in [0, 0.1) is 5.92 Å². The van der Waals surface area contributed by atoms with Crippen molar-refractivity contribution in [2.24, 2.45) is 5.92 Å². The van der Waals surface area contributed by atoms with Gasteiger partial charge in [0.1, 0.15) is 0 Å². The van der Waals surface area contributed by atoms with E-state index in [2.05, 4.69) is 0 Å². The summed E-state index contributed by atoms with van der Waals surface area (Å²) in [6, 6.07) is 3.40. The number of carbonyl (C=O) groups excluding carboxylic acids is 2. The molecule has 2 aliphatic rings. The maximum Gasteiger partial charge on any atom is 0.289 e. The highest BCUT2D eigenvalue weighted by molar-refractivity contribution is 5.91. The highest BCUT2D eigenvalue weighted by Crippen LogP contribution is 2.28. The summed E-state index contributed by atoms with van der Waals surface area (Å²) in [6.45, 7) is 2.46. The highest BCUT2D eigenvalue weighted by atomic mass is 16.3. The highest BCUT2D eigenvalue weighted by Gasteiger charge is 2.27. The molecule has 2 fully saturated rings. The maximum atomic E-state index is 12.3. The topological polar surface area (TPSA) is 53.8 Å². The van der Waals surface area contributed by atoms with E-state index >= 15 is 0 Å². The molecule has 2 amide bonds. The Labute approximate surface area is 124 Å². The van der Waals surface area contributed by atoms with Gasteiger partial charge in [0, 0.05) is 32.6 Å². The minimum Gasteiger partial charge on any atom is -0.459 e. The summed E-state index contributed by atoms with van der Waals surface area (Å²) in [7, 11) is 0. The third-order valence-electron chi connectivity index (χ3n) is 4.59. The fraction of sp³-hybridized carbons (Fsp3) is 0.625. The average Bonchev–Trinajstić information content (AvgIpc) is 3.20. The molecule has 1 aromatic rings. The first kappa shape index (κ1) is 14.2. The van der Waals surface area contributed by atoms with E-state index in [1.54, 1.807) is 17.0 Å². The van der Waals surface area contributed by atoms with Crippen molar-refractivity contribution in [3.63, 3.8) is 0 Å². The number of carbonyl (C=O) groups is 2. The fourth-order valence-corrected chi connectivity index (χ4v) is 3.31. The minimum atomic E-state index is -0.0807. The van der Waals surface area contributed by atoms with Gasteiger partial charge in [-0.25, -0.2) is 0 Å². The van der Waals surface area contributed by atoms with Gasteiger partial charge in [-0.3, -0.25) is 9.59 Å². The second-order valence-corrected chi connectivity index (χ2v) is 6.00. The predicted molar refractivity (Wildman–Crippen MR) is 77.8 cm³/mol. The molecule has 0 atom stereocenters. The Bertz CT molecular complexity index is 484. The lowest BCUT2D eigenvalue weighted by atomic mass is 10.0. The predicted octanol–water partition coefficient (Wildman–Crippen LogP) is 2.14. The normalized spacial score (nSPS) is 20.0. The molecular formula is C16H22N2O3. The van der Waals surface area contributed by atoms with Gasteiger partial charge in [0.15, 0.2) is 5.76 Å². The van der Waals surface area contributed by atoms with Gasteiger partial charge in [0.2, 0.25) is 5.91 Å². The van der Waals surface area contributed by atoms with E-state index in [1.807, 2.05) is 4.90 Å². The maximum absolute atomic E-state index is 12.3. The quantitative estimate of drug-likeness (QED) is 0.857. The zero-order valence-electron chi connectivity index (χ0n) is 12.3. The van der Waals surface area contributed by atoms with Gasteiger partial charge in [-0.2, -0.15) is 0 Å². The molecule has 1 saturated carbocycles. The summed E-state index contributed by atoms with van der Waals surface area (Å²) < 4.78 is 5.14. The van der Waals surface area contributed by atoms with Crippen LogP contribution in [0.25, 0.3) is 0 Å². The van der Waals surface area contributed by atoms with Crippen LogP contribution in [-0.2, 0) is 4.79 Å². The number of nitrogens with zero attached hydrogens (tertiary/aromatic N) is 2. The molecule has 3 rings (SSSR count). The van der Waals surface area contributed by atoms with Gasteiger partial charge in [-0.15, -0.1) is 0 Å². The standard InChI is InChI=1S/C16H22N2O3/c19-15(12-13-4-1-2-5-13)17-7-9-18(10-8-17)16(20)14-6-3-11-21-14/h3,6,11,13H,1-2,4-5,7-10,12H2. The largest absolute Gasteiger partial charge is 0.459 e. The van der Waals surface area contributed by atoms with Crippen LogP contribution in [0.1, 0.15) is 42.7 Å². The molecule has 1 aliphatic carbocycles. The van der Waals surface area contributed by atoms with Crippen molar-refractivity contribution in [1.82, 2.24) is 9.80 Å². The molecule has 114 valence electrons. The first-order chi connectivity index (χ1) is 10.2. The number of hydrogen-bond acceptors (Lipinski definition) is 3. The van der Waals surface area contributed by atoms with E-state index in [-0.39, 0.29) is 11.8 Å². The summed E-state index contributed by atoms with van der Waals surface area (Å²) in [5, 5.41) is 0. The molecular weight excluding hydrogens is 268 g/mol. The van der Waals surface area contributed by atoms with Crippen LogP contribution in [0.2, 0.25) is 0 Å². The Morgan fingerprint density at radius 2 is 1.76 bits per heavy atom. The summed E-state index contributed by atoms with van der Waals surface area (Å²) in [4.78, 5) is 28.1. The van der Waals surface area contributed by atoms with Gasteiger partial charge in [-0.1, -0.05) is 12.8 Å². The van der Waals surface area contributed by atoms with Gasteiger partial charge in [-0.05, 0) is 30.9 Å². The second-order valence-electron chi connectivity index (χ2n) is 6.00. The van der Waals surface area contributed by atoms with E-state index < -0.39 is 0 Å². The molecule has 0 aromatic carbocycles. The summed E-state index contributed by atoms with van der Waals surface area (Å²) >= 11 is 0. The van der Waals surface area contributed by atoms with E-state index in [0.717, 1.165) is 0 Å². The van der Waals surface area contributed by atoms with E-state index in [9.17, 15) is 9.59 Å². The first-order valence-corrected chi connectivity index (χ1v) is 7.84. The molecule has 0 radical (unpaired) electrons. The van der Waals surface area contributed by atoms with Crippen molar-refractivity contribution in [2.75, 3.05) is 26.2 Å². The number of furan rings is 1. The van der Waals surface area contributed by atoms with Gasteiger partial charge < -0.3 is 14.2 Å². The van der Waals surface area contributed by atoms with Crippen molar-refractivity contribution in [2.45, 2.75) is 32.1 Å². The van der Waals surface area contributed by atoms with Crippen LogP contribution in [0.15, 0.2) is 22.8 Å². The minimum absolute atomic E-state index is 0.0807. The lowest BCUT2D eigenvalue weighted by Crippen LogP contribution is -2.50. The Balaban J connectivity index is 1.48. The van der Waals surface area contributed by atoms with Crippen LogP contribution in [0.5, 0.6) is 0 Å². The molecule has 2 heterocycles. The third kappa shape index (κ3) is 3.28. The third-order valence-corrected chi connectivity index (χ3v) is 4.59. The van der Waals surface area contributed by atoms with Crippen molar-refractivity contribution in [3.8, 4) is 0 Å². The van der Waals surface area contributed by atoms with E-state index in [0.29, 0.717) is 44.3 Å². The molecule has 5 nitrogen and oxygen atoms in total. The number of piperazine rings is 1. The molecule has 0 unspecified atom stereocenters. The van der Waals surface area contributed by atoms with Crippen LogP contribution >= 0.6 is 0 Å². The Hall–Kier alpha value is -1.78. The Kier molecular flexibility index (Phi) is 4.27. The summed E-state index contributed by atoms with van der Waals surface area (Å²) in [5.74, 6) is 1.14. The molecule has 0 N–H and O–H groups in total. The molecule has 0 spiro atoms. The lowest BCUT2D eigenvalue weighted by molar-refractivity contribution is -0.133. The van der Waals surface area contributed by atoms with Crippen LogP contribution in [0.3, 0.4) is 0 Å². The van der Waals surface area contributed by atoms with Gasteiger partial charge in [0.25, 0.3) is 5.91 Å². The molecule has 5 heteroatoms. The number of rotatable bonds is 3. The average molecular weight is 290 g/mol. The van der Waals surface area contributed by atoms with Crippen molar-refractivity contribution < 1.29 is 14.0 Å². The van der Waals surface area contributed by atoms with Crippen molar-refractivity contribution in [1.29, 1.82) is 0 Å². The Morgan fingerprint density at radius 1 is 1.10 bits per heavy atom. The van der Waals surface area contributed by atoms with Crippen LogP contribution in [0.4, 0.5) is 0 Å². The second kappa shape index (κ2) is 6.33. The Morgan fingerprint density at radius 3 is 2.38 bits per heavy atom. The van der Waals surface area contributed by atoms with Crippen LogP contribution < -0.4 is 0 Å². The smallest absolute Gasteiger partial charge is 0.289 e. The molecule has 1 aliphatic heterocycles. The zero-order valence-corrected chi connectivity index (χ0v) is 12.3. The summed E-state index contributed by atoms with van der Waals surface area (Å²) in [6.07, 6.45) is 7.12. The molecule has 21 heavy (non-hydrogen) atoms. The van der Waals surface area contributed by atoms with E-state index in [4.69, 9.17) is 4.42 Å². The van der Waals surface area contributed by atoms with Crippen molar-refractivity contribution >= 4 is 11.8 Å². The van der Waals surface area contributed by atoms with Crippen molar-refractivity contribution in [3.05, 3.63) is 24.2 Å². The zero-order chi connectivity index (χ0) is 14.7. The SMILES string of the molecule is O=C(CC1CCCC1)N1CCN(C(=O)c2ccco2)CC1. The molecule has 0 bridgehead atoms.